The van der Waals surface area contributed by atoms with Crippen molar-refractivity contribution >= 4 is 17.6 Å². The molecule has 6 heteroatoms. The number of rotatable bonds is 7. The van der Waals surface area contributed by atoms with E-state index < -0.39 is 6.09 Å². The molecule has 6 nitrogen and oxygen atoms in total. The van der Waals surface area contributed by atoms with E-state index in [1.807, 2.05) is 19.0 Å². The van der Waals surface area contributed by atoms with E-state index in [0.717, 1.165) is 19.6 Å². The largest absolute Gasteiger partial charge is 0.448 e. The van der Waals surface area contributed by atoms with E-state index in [-0.39, 0.29) is 5.78 Å². The van der Waals surface area contributed by atoms with Gasteiger partial charge in [0.2, 0.25) is 0 Å². The first kappa shape index (κ1) is 17.4. The zero-order valence-corrected chi connectivity index (χ0v) is 13.9. The van der Waals surface area contributed by atoms with Crippen LogP contribution in [0.2, 0.25) is 0 Å². The van der Waals surface area contributed by atoms with Crippen LogP contribution in [0.4, 0.5) is 10.5 Å². The molecule has 1 saturated heterocycles. The third-order valence-corrected chi connectivity index (χ3v) is 3.75. The summed E-state index contributed by atoms with van der Waals surface area (Å²) in [5.74, 6) is 0.0507. The molecule has 126 valence electrons. The summed E-state index contributed by atoms with van der Waals surface area (Å²) < 4.78 is 5.17. The zero-order valence-electron chi connectivity index (χ0n) is 13.9. The molecule has 0 atom stereocenters. The van der Waals surface area contributed by atoms with Gasteiger partial charge in [-0.15, -0.1) is 0 Å². The van der Waals surface area contributed by atoms with Gasteiger partial charge in [-0.05, 0) is 64.3 Å². The van der Waals surface area contributed by atoms with Gasteiger partial charge in [-0.2, -0.15) is 0 Å². The molecule has 0 aliphatic carbocycles. The first-order valence-electron chi connectivity index (χ1n) is 7.99. The minimum absolute atomic E-state index is 0.0507. The van der Waals surface area contributed by atoms with Crippen molar-refractivity contribution in [3.8, 4) is 0 Å². The molecule has 0 saturated carbocycles. The summed E-state index contributed by atoms with van der Waals surface area (Å²) >= 11 is 0. The fourth-order valence-electron chi connectivity index (χ4n) is 2.55. The molecule has 1 fully saturated rings. The topological polar surface area (TPSA) is 61.9 Å². The Morgan fingerprint density at radius 3 is 2.43 bits per heavy atom. The molecule has 1 aliphatic heterocycles. The smallest absolute Gasteiger partial charge is 0.411 e. The van der Waals surface area contributed by atoms with Gasteiger partial charge in [0.1, 0.15) is 6.61 Å². The number of nitrogens with one attached hydrogen (secondary N) is 1. The average Bonchev–Trinajstić information content (AvgIpc) is 3.00. The van der Waals surface area contributed by atoms with Crippen LogP contribution in [-0.2, 0) is 4.74 Å². The minimum Gasteiger partial charge on any atom is -0.448 e. The molecule has 0 spiro atoms. The maximum Gasteiger partial charge on any atom is 0.411 e. The number of Topliss-reactive ketones (excluding diaryl/α,β-unsaturated/α-hetero) is 1. The third-order valence-electron chi connectivity index (χ3n) is 3.75. The second kappa shape index (κ2) is 8.64. The number of carbonyl (C=O) groups is 2. The van der Waals surface area contributed by atoms with E-state index in [9.17, 15) is 9.59 Å². The summed E-state index contributed by atoms with van der Waals surface area (Å²) in [6, 6.07) is 6.85. The fraction of sp³-hybridized carbons (Fsp3) is 0.529. The molecule has 0 bridgehead atoms. The van der Waals surface area contributed by atoms with Crippen LogP contribution in [0, 0.1) is 0 Å². The third kappa shape index (κ3) is 6.00. The lowest BCUT2D eigenvalue weighted by Crippen LogP contribution is -2.26. The second-order valence-corrected chi connectivity index (χ2v) is 6.05. The highest BCUT2D eigenvalue weighted by Crippen LogP contribution is 2.11. The molecule has 2 rings (SSSR count). The molecule has 1 aliphatic rings. The first-order valence-corrected chi connectivity index (χ1v) is 7.99. The molecular weight excluding hydrogens is 294 g/mol. The van der Waals surface area contributed by atoms with Crippen LogP contribution in [0.15, 0.2) is 24.3 Å². The van der Waals surface area contributed by atoms with E-state index in [0.29, 0.717) is 24.4 Å². The Labute approximate surface area is 137 Å². The predicted molar refractivity (Wildman–Crippen MR) is 90.0 cm³/mol. The highest BCUT2D eigenvalue weighted by atomic mass is 16.5. The van der Waals surface area contributed by atoms with Gasteiger partial charge in [-0.3, -0.25) is 15.0 Å². The number of ketones is 1. The Hall–Kier alpha value is -1.92. The Kier molecular flexibility index (Phi) is 6.55. The molecule has 1 heterocycles. The van der Waals surface area contributed by atoms with E-state index in [2.05, 4.69) is 10.2 Å². The normalized spacial score (nSPS) is 14.9. The van der Waals surface area contributed by atoms with Gasteiger partial charge >= 0.3 is 6.09 Å². The molecule has 1 aromatic rings. The summed E-state index contributed by atoms with van der Waals surface area (Å²) in [5, 5.41) is 2.67. The molecule has 1 amide bonds. The Bertz CT molecular complexity index is 522. The number of hydrogen-bond acceptors (Lipinski definition) is 5. The number of benzene rings is 1. The minimum atomic E-state index is -0.462. The van der Waals surface area contributed by atoms with Crippen LogP contribution < -0.4 is 5.32 Å². The van der Waals surface area contributed by atoms with Crippen LogP contribution in [0.5, 0.6) is 0 Å². The van der Waals surface area contributed by atoms with E-state index in [4.69, 9.17) is 4.74 Å². The van der Waals surface area contributed by atoms with Gasteiger partial charge < -0.3 is 9.64 Å². The molecule has 0 aromatic heterocycles. The number of hydrogen-bond donors (Lipinski definition) is 1. The van der Waals surface area contributed by atoms with Crippen LogP contribution in [0.3, 0.4) is 0 Å². The Morgan fingerprint density at radius 1 is 1.17 bits per heavy atom. The van der Waals surface area contributed by atoms with Gasteiger partial charge in [0.05, 0.1) is 6.54 Å². The van der Waals surface area contributed by atoms with Crippen molar-refractivity contribution in [2.45, 2.75) is 12.8 Å². The van der Waals surface area contributed by atoms with Crippen molar-refractivity contribution in [3.05, 3.63) is 29.8 Å². The zero-order chi connectivity index (χ0) is 16.7. The van der Waals surface area contributed by atoms with Crippen molar-refractivity contribution in [1.82, 2.24) is 9.80 Å². The lowest BCUT2D eigenvalue weighted by molar-refractivity contribution is 0.0958. The summed E-state index contributed by atoms with van der Waals surface area (Å²) in [6.45, 7) is 3.72. The Balaban J connectivity index is 1.73. The van der Waals surface area contributed by atoms with Crippen molar-refractivity contribution in [2.24, 2.45) is 0 Å². The van der Waals surface area contributed by atoms with Crippen molar-refractivity contribution < 1.29 is 14.3 Å². The van der Waals surface area contributed by atoms with Gasteiger partial charge in [0.15, 0.2) is 5.78 Å². The number of nitrogens with zero attached hydrogens (tertiary/aromatic N) is 2. The standard InChI is InChI=1S/C17H25N3O3/c1-19(2)13-16(21)14-5-7-15(8-6-14)18-17(22)23-12-11-20-9-3-4-10-20/h5-8H,3-4,9-13H2,1-2H3,(H,18,22). The number of amides is 1. The highest BCUT2D eigenvalue weighted by Gasteiger charge is 2.12. The van der Waals surface area contributed by atoms with Crippen molar-refractivity contribution in [1.29, 1.82) is 0 Å². The number of anilines is 1. The van der Waals surface area contributed by atoms with E-state index >= 15 is 0 Å². The quantitative estimate of drug-likeness (QED) is 0.780. The SMILES string of the molecule is CN(C)CC(=O)c1ccc(NC(=O)OCCN2CCCC2)cc1. The number of likely N-dealkylation sites (N-methyl/N-ethyl adjacent to an activating group) is 1. The maximum absolute atomic E-state index is 11.9. The number of likely N-dealkylation sites (tertiary alicyclic amines) is 1. The van der Waals surface area contributed by atoms with Gasteiger partial charge in [0.25, 0.3) is 0 Å². The first-order chi connectivity index (χ1) is 11.0. The fourth-order valence-corrected chi connectivity index (χ4v) is 2.55. The number of ether oxygens (including phenoxy) is 1. The molecular formula is C17H25N3O3. The Morgan fingerprint density at radius 2 is 1.83 bits per heavy atom. The lowest BCUT2D eigenvalue weighted by Gasteiger charge is -2.14. The van der Waals surface area contributed by atoms with Crippen molar-refractivity contribution in [3.63, 3.8) is 0 Å². The molecule has 23 heavy (non-hydrogen) atoms. The van der Waals surface area contributed by atoms with Crippen LogP contribution in [0.1, 0.15) is 23.2 Å². The lowest BCUT2D eigenvalue weighted by atomic mass is 10.1. The van der Waals surface area contributed by atoms with Gasteiger partial charge in [-0.25, -0.2) is 4.79 Å². The summed E-state index contributed by atoms with van der Waals surface area (Å²) in [6.07, 6.45) is 1.99. The molecule has 0 unspecified atom stereocenters. The average molecular weight is 319 g/mol. The van der Waals surface area contributed by atoms with Crippen LogP contribution in [-0.4, -0.2) is 68.6 Å². The van der Waals surface area contributed by atoms with E-state index in [1.54, 1.807) is 24.3 Å². The number of carbonyl (C=O) groups excluding carboxylic acids is 2. The molecule has 0 radical (unpaired) electrons. The monoisotopic (exact) mass is 319 g/mol. The van der Waals surface area contributed by atoms with Crippen molar-refractivity contribution in [2.75, 3.05) is 52.2 Å². The van der Waals surface area contributed by atoms with Crippen LogP contribution in [0.25, 0.3) is 0 Å². The summed E-state index contributed by atoms with van der Waals surface area (Å²) in [4.78, 5) is 27.7. The van der Waals surface area contributed by atoms with Gasteiger partial charge in [0, 0.05) is 17.8 Å². The molecule has 1 aromatic carbocycles. The summed E-state index contributed by atoms with van der Waals surface area (Å²) in [7, 11) is 3.71. The van der Waals surface area contributed by atoms with E-state index in [1.165, 1.54) is 12.8 Å². The second-order valence-electron chi connectivity index (χ2n) is 6.05. The predicted octanol–water partition coefficient (Wildman–Crippen LogP) is 2.08. The molecule has 1 N–H and O–H groups in total. The summed E-state index contributed by atoms with van der Waals surface area (Å²) in [5.41, 5.74) is 1.25. The highest BCUT2D eigenvalue weighted by molar-refractivity contribution is 5.98. The van der Waals surface area contributed by atoms with Gasteiger partial charge in [-0.1, -0.05) is 0 Å². The maximum atomic E-state index is 11.9. The van der Waals surface area contributed by atoms with Crippen LogP contribution >= 0.6 is 0 Å².